The van der Waals surface area contributed by atoms with Gasteiger partial charge >= 0.3 is 6.03 Å². The number of rotatable bonds is 4. The maximum atomic E-state index is 14.2. The van der Waals surface area contributed by atoms with E-state index >= 15 is 0 Å². The molecule has 1 aromatic heterocycles. The first kappa shape index (κ1) is 26.3. The van der Waals surface area contributed by atoms with Gasteiger partial charge in [-0.05, 0) is 53.4 Å². The van der Waals surface area contributed by atoms with Crippen molar-refractivity contribution < 1.29 is 13.9 Å². The van der Waals surface area contributed by atoms with Crippen LogP contribution in [0.4, 0.5) is 15.0 Å². The SMILES string of the molecule is Cc1ncc(F)c(N=C(N)C2=C(N)C(C)(C)N(C(=O)N3C[C@@H](C)N(CC4CCOCC4)C[C@@H]3C)C2)n1. The highest BCUT2D eigenvalue weighted by atomic mass is 19.1. The van der Waals surface area contributed by atoms with Gasteiger partial charge in [-0.15, -0.1) is 0 Å². The third kappa shape index (κ3) is 5.17. The fourth-order valence-corrected chi connectivity index (χ4v) is 5.32. The van der Waals surface area contributed by atoms with Crippen LogP contribution in [0.25, 0.3) is 0 Å². The van der Waals surface area contributed by atoms with Crippen LogP contribution >= 0.6 is 0 Å². The van der Waals surface area contributed by atoms with Gasteiger partial charge in [0.1, 0.15) is 11.7 Å². The lowest BCUT2D eigenvalue weighted by molar-refractivity contribution is 0.0119. The molecule has 0 saturated carbocycles. The Kier molecular flexibility index (Phi) is 7.51. The number of amidine groups is 1. The lowest BCUT2D eigenvalue weighted by Gasteiger charge is -2.47. The number of carbonyl (C=O) groups excluding carboxylic acids is 1. The summed E-state index contributed by atoms with van der Waals surface area (Å²) in [6.07, 6.45) is 3.25. The van der Waals surface area contributed by atoms with E-state index in [1.54, 1.807) is 11.8 Å². The van der Waals surface area contributed by atoms with Gasteiger partial charge in [-0.25, -0.2) is 24.1 Å². The van der Waals surface area contributed by atoms with E-state index in [-0.39, 0.29) is 36.3 Å². The standard InChI is InChI=1S/C25H39FN8O2/c1-15-12-33(16(2)11-32(15)13-18-6-8-36-9-7-18)24(35)34-14-19(21(27)25(34,4)5)22(28)31-23-20(26)10-29-17(3)30-23/h10,15-16,18H,6-9,11-14,27H2,1-5H3,(H2,28,29,30,31)/t15-,16+/m1/s1. The highest BCUT2D eigenvalue weighted by Crippen LogP contribution is 2.34. The molecule has 4 N–H and O–H groups in total. The predicted octanol–water partition coefficient (Wildman–Crippen LogP) is 2.16. The first-order chi connectivity index (χ1) is 17.0. The van der Waals surface area contributed by atoms with E-state index in [4.69, 9.17) is 16.2 Å². The Morgan fingerprint density at radius 3 is 2.64 bits per heavy atom. The second kappa shape index (κ2) is 10.3. The van der Waals surface area contributed by atoms with Crippen LogP contribution in [-0.2, 0) is 4.74 Å². The van der Waals surface area contributed by atoms with Crippen LogP contribution in [-0.4, -0.2) is 93.5 Å². The summed E-state index contributed by atoms with van der Waals surface area (Å²) in [6.45, 7) is 14.1. The van der Waals surface area contributed by atoms with Gasteiger partial charge in [-0.3, -0.25) is 4.90 Å². The molecule has 11 heteroatoms. The largest absolute Gasteiger partial charge is 0.400 e. The number of halogens is 1. The molecule has 1 aromatic rings. The quantitative estimate of drug-likeness (QED) is 0.477. The zero-order valence-electron chi connectivity index (χ0n) is 22.0. The highest BCUT2D eigenvalue weighted by Gasteiger charge is 2.45. The summed E-state index contributed by atoms with van der Waals surface area (Å²) < 4.78 is 19.7. The highest BCUT2D eigenvalue weighted by molar-refractivity contribution is 6.01. The number of ether oxygens (including phenoxy) is 1. The molecule has 0 unspecified atom stereocenters. The van der Waals surface area contributed by atoms with Crippen LogP contribution in [0.15, 0.2) is 22.5 Å². The number of urea groups is 1. The molecule has 4 heterocycles. The zero-order chi connectivity index (χ0) is 26.2. The summed E-state index contributed by atoms with van der Waals surface area (Å²) in [5.74, 6) is 0.258. The number of piperazine rings is 1. The Bertz CT molecular complexity index is 1050. The fraction of sp³-hybridized carbons (Fsp3) is 0.680. The van der Waals surface area contributed by atoms with Crippen LogP contribution in [0.3, 0.4) is 0 Å². The van der Waals surface area contributed by atoms with Crippen LogP contribution in [0.1, 0.15) is 46.4 Å². The molecule has 3 aliphatic heterocycles. The van der Waals surface area contributed by atoms with Gasteiger partial charge in [0.2, 0.25) is 0 Å². The van der Waals surface area contributed by atoms with Crippen LogP contribution in [0.2, 0.25) is 0 Å². The van der Waals surface area contributed by atoms with Gasteiger partial charge in [-0.2, -0.15) is 0 Å². The summed E-state index contributed by atoms with van der Waals surface area (Å²) in [4.78, 5) is 32.0. The molecule has 4 rings (SSSR count). The Hall–Kier alpha value is -2.79. The molecule has 198 valence electrons. The van der Waals surface area contributed by atoms with Gasteiger partial charge in [0, 0.05) is 56.2 Å². The molecule has 2 amide bonds. The van der Waals surface area contributed by atoms with E-state index in [2.05, 4.69) is 33.7 Å². The van der Waals surface area contributed by atoms with E-state index in [1.807, 2.05) is 18.7 Å². The van der Waals surface area contributed by atoms with Crippen molar-refractivity contribution in [2.45, 2.75) is 65.1 Å². The molecule has 0 aliphatic carbocycles. The number of nitrogens with zero attached hydrogens (tertiary/aromatic N) is 6. The normalized spacial score (nSPS) is 26.1. The number of carbonyl (C=O) groups is 1. The molecule has 0 radical (unpaired) electrons. The topological polar surface area (TPSA) is 126 Å². The van der Waals surface area contributed by atoms with E-state index in [0.717, 1.165) is 45.3 Å². The monoisotopic (exact) mass is 502 g/mol. The number of hydrogen-bond acceptors (Lipinski definition) is 7. The van der Waals surface area contributed by atoms with E-state index < -0.39 is 11.4 Å². The second-order valence-corrected chi connectivity index (χ2v) is 10.8. The van der Waals surface area contributed by atoms with Gasteiger partial charge in [0.05, 0.1) is 18.3 Å². The van der Waals surface area contributed by atoms with Crippen LogP contribution < -0.4 is 11.5 Å². The predicted molar refractivity (Wildman–Crippen MR) is 136 cm³/mol. The molecule has 3 aliphatic rings. The molecule has 36 heavy (non-hydrogen) atoms. The summed E-state index contributed by atoms with van der Waals surface area (Å²) in [7, 11) is 0. The van der Waals surface area contributed by atoms with Crippen molar-refractivity contribution in [3.05, 3.63) is 29.1 Å². The van der Waals surface area contributed by atoms with Crippen LogP contribution in [0.5, 0.6) is 0 Å². The fourth-order valence-electron chi connectivity index (χ4n) is 5.32. The smallest absolute Gasteiger partial charge is 0.321 e. The Morgan fingerprint density at radius 1 is 1.25 bits per heavy atom. The number of aromatic nitrogens is 2. The molecule has 10 nitrogen and oxygen atoms in total. The molecule has 2 saturated heterocycles. The average molecular weight is 503 g/mol. The Balaban J connectivity index is 1.47. The van der Waals surface area contributed by atoms with Crippen molar-refractivity contribution in [3.63, 3.8) is 0 Å². The Labute approximate surface area is 212 Å². The Morgan fingerprint density at radius 2 is 1.94 bits per heavy atom. The molecular weight excluding hydrogens is 463 g/mol. The summed E-state index contributed by atoms with van der Waals surface area (Å²) in [6, 6.07) is 0.220. The minimum absolute atomic E-state index is 0.0515. The number of aliphatic imine (C=N–C) groups is 1. The average Bonchev–Trinajstić information content (AvgIpc) is 3.07. The summed E-state index contributed by atoms with van der Waals surface area (Å²) >= 11 is 0. The van der Waals surface area contributed by atoms with Gasteiger partial charge in [-0.1, -0.05) is 0 Å². The minimum Gasteiger partial charge on any atom is -0.400 e. The minimum atomic E-state index is -0.769. The number of aryl methyl sites for hydroxylation is 1. The first-order valence-corrected chi connectivity index (χ1v) is 12.7. The zero-order valence-corrected chi connectivity index (χ0v) is 22.0. The van der Waals surface area contributed by atoms with Crippen molar-refractivity contribution in [2.75, 3.05) is 39.4 Å². The number of hydrogen-bond donors (Lipinski definition) is 2. The van der Waals surface area contributed by atoms with Crippen molar-refractivity contribution in [1.82, 2.24) is 24.7 Å². The summed E-state index contributed by atoms with van der Waals surface area (Å²) in [5, 5.41) is 0. The summed E-state index contributed by atoms with van der Waals surface area (Å²) in [5.41, 5.74) is 12.9. The van der Waals surface area contributed by atoms with Crippen molar-refractivity contribution in [1.29, 1.82) is 0 Å². The van der Waals surface area contributed by atoms with Crippen molar-refractivity contribution in [3.8, 4) is 0 Å². The third-order valence-electron chi connectivity index (χ3n) is 7.78. The maximum Gasteiger partial charge on any atom is 0.321 e. The van der Waals surface area contributed by atoms with Crippen molar-refractivity contribution >= 4 is 17.7 Å². The van der Waals surface area contributed by atoms with Gasteiger partial charge < -0.3 is 26.0 Å². The van der Waals surface area contributed by atoms with E-state index in [9.17, 15) is 9.18 Å². The molecule has 0 bridgehead atoms. The second-order valence-electron chi connectivity index (χ2n) is 10.8. The van der Waals surface area contributed by atoms with Crippen LogP contribution in [0, 0.1) is 18.7 Å². The van der Waals surface area contributed by atoms with E-state index in [0.29, 0.717) is 29.6 Å². The molecule has 2 atom stereocenters. The number of amides is 2. The molecule has 0 aromatic carbocycles. The lowest BCUT2D eigenvalue weighted by atomic mass is 9.97. The maximum absolute atomic E-state index is 14.2. The molecule has 2 fully saturated rings. The number of nitrogens with two attached hydrogens (primary N) is 2. The molecular formula is C25H39FN8O2. The van der Waals surface area contributed by atoms with Crippen molar-refractivity contribution in [2.24, 2.45) is 22.4 Å². The van der Waals surface area contributed by atoms with Gasteiger partial charge in [0.15, 0.2) is 11.6 Å². The molecule has 0 spiro atoms. The third-order valence-corrected chi connectivity index (χ3v) is 7.78. The van der Waals surface area contributed by atoms with E-state index in [1.165, 1.54) is 0 Å². The first-order valence-electron chi connectivity index (χ1n) is 12.7. The lowest BCUT2D eigenvalue weighted by Crippen LogP contribution is -2.63. The van der Waals surface area contributed by atoms with Gasteiger partial charge in [0.25, 0.3) is 0 Å².